The lowest BCUT2D eigenvalue weighted by molar-refractivity contribution is 0.0603. The maximum Gasteiger partial charge on any atom is 0.254 e. The summed E-state index contributed by atoms with van der Waals surface area (Å²) in [5, 5.41) is 4.27. The number of likely N-dealkylation sites (tertiary alicyclic amines) is 1. The van der Waals surface area contributed by atoms with E-state index in [1.54, 1.807) is 23.9 Å². The summed E-state index contributed by atoms with van der Waals surface area (Å²) in [5.74, 6) is 1.24. The van der Waals surface area contributed by atoms with Crippen LogP contribution >= 0.6 is 0 Å². The molecule has 1 aromatic carbocycles. The predicted octanol–water partition coefficient (Wildman–Crippen LogP) is 2.50. The van der Waals surface area contributed by atoms with Crippen molar-refractivity contribution in [2.24, 2.45) is 0 Å². The largest absolute Gasteiger partial charge is 0.497 e. The van der Waals surface area contributed by atoms with E-state index in [0.29, 0.717) is 17.1 Å². The number of nitrogens with zero attached hydrogens (tertiary/aromatic N) is 5. The summed E-state index contributed by atoms with van der Waals surface area (Å²) >= 11 is 0. The van der Waals surface area contributed by atoms with Crippen LogP contribution in [0.25, 0.3) is 5.78 Å². The zero-order valence-electron chi connectivity index (χ0n) is 14.0. The molecule has 1 fully saturated rings. The van der Waals surface area contributed by atoms with Crippen LogP contribution in [-0.2, 0) is 0 Å². The summed E-state index contributed by atoms with van der Waals surface area (Å²) in [5.41, 5.74) is 1.58. The van der Waals surface area contributed by atoms with Gasteiger partial charge in [0.15, 0.2) is 0 Å². The molecule has 4 rings (SSSR count). The Bertz CT molecular complexity index is 907. The van der Waals surface area contributed by atoms with E-state index in [0.717, 1.165) is 31.5 Å². The molecule has 0 bridgehead atoms. The van der Waals surface area contributed by atoms with Gasteiger partial charge < -0.3 is 9.64 Å². The molecule has 0 radical (unpaired) electrons. The van der Waals surface area contributed by atoms with Gasteiger partial charge in [0.05, 0.1) is 18.8 Å². The highest BCUT2D eigenvalue weighted by atomic mass is 16.5. The minimum Gasteiger partial charge on any atom is -0.497 e. The van der Waals surface area contributed by atoms with Crippen LogP contribution in [0, 0.1) is 0 Å². The molecule has 0 aliphatic carbocycles. The average Bonchev–Trinajstić information content (AvgIpc) is 3.16. The standard InChI is InChI=1S/C18H19N5O2/c1-25-14-6-4-5-13(11-14)17(24)22-10-3-2-7-15(22)16-8-9-19-18-20-12-21-23(16)18/h4-6,8-9,11-12,15H,2-3,7,10H2,1H3. The van der Waals surface area contributed by atoms with Gasteiger partial charge in [-0.2, -0.15) is 14.6 Å². The van der Waals surface area contributed by atoms with Crippen molar-refractivity contribution in [2.45, 2.75) is 25.3 Å². The van der Waals surface area contributed by atoms with Crippen molar-refractivity contribution in [3.63, 3.8) is 0 Å². The molecule has 0 saturated carbocycles. The monoisotopic (exact) mass is 337 g/mol. The molecule has 0 N–H and O–H groups in total. The maximum absolute atomic E-state index is 13.1. The fraction of sp³-hybridized carbons (Fsp3) is 0.333. The molecule has 7 heteroatoms. The average molecular weight is 337 g/mol. The SMILES string of the molecule is COc1cccc(C(=O)N2CCCCC2c2ccnc3ncnn23)c1. The second-order valence-electron chi connectivity index (χ2n) is 6.08. The van der Waals surface area contributed by atoms with Crippen molar-refractivity contribution in [3.8, 4) is 5.75 Å². The zero-order valence-corrected chi connectivity index (χ0v) is 14.0. The minimum absolute atomic E-state index is 0.00803. The minimum atomic E-state index is -0.0420. The Morgan fingerprint density at radius 3 is 3.04 bits per heavy atom. The van der Waals surface area contributed by atoms with E-state index < -0.39 is 0 Å². The fourth-order valence-electron chi connectivity index (χ4n) is 3.41. The van der Waals surface area contributed by atoms with Crippen molar-refractivity contribution in [3.05, 3.63) is 54.1 Å². The molecular weight excluding hydrogens is 318 g/mol. The molecule has 25 heavy (non-hydrogen) atoms. The molecule has 1 saturated heterocycles. The Labute approximate surface area is 145 Å². The zero-order chi connectivity index (χ0) is 17.2. The molecule has 3 aromatic rings. The van der Waals surface area contributed by atoms with Crippen LogP contribution in [0.15, 0.2) is 42.9 Å². The number of hydrogen-bond acceptors (Lipinski definition) is 5. The molecule has 1 aliphatic heterocycles. The Kier molecular flexibility index (Phi) is 4.05. The first-order chi connectivity index (χ1) is 12.3. The lowest BCUT2D eigenvalue weighted by Gasteiger charge is -2.36. The maximum atomic E-state index is 13.1. The van der Waals surface area contributed by atoms with Gasteiger partial charge in [0.2, 0.25) is 0 Å². The third kappa shape index (κ3) is 2.82. The van der Waals surface area contributed by atoms with Crippen LogP contribution < -0.4 is 4.74 Å². The lowest BCUT2D eigenvalue weighted by atomic mass is 9.98. The smallest absolute Gasteiger partial charge is 0.254 e. The van der Waals surface area contributed by atoms with Crippen LogP contribution in [0.3, 0.4) is 0 Å². The van der Waals surface area contributed by atoms with Crippen molar-refractivity contribution in [1.29, 1.82) is 0 Å². The highest BCUT2D eigenvalue weighted by Crippen LogP contribution is 2.32. The van der Waals surface area contributed by atoms with Crippen molar-refractivity contribution in [1.82, 2.24) is 24.5 Å². The third-order valence-electron chi connectivity index (χ3n) is 4.63. The van der Waals surface area contributed by atoms with E-state index in [2.05, 4.69) is 15.1 Å². The first-order valence-electron chi connectivity index (χ1n) is 8.37. The molecule has 7 nitrogen and oxygen atoms in total. The van der Waals surface area contributed by atoms with Crippen LogP contribution in [0.5, 0.6) is 5.75 Å². The highest BCUT2D eigenvalue weighted by molar-refractivity contribution is 5.95. The number of rotatable bonds is 3. The molecule has 1 unspecified atom stereocenters. The number of carbonyl (C=O) groups is 1. The number of ether oxygens (including phenoxy) is 1. The van der Waals surface area contributed by atoms with E-state index in [1.807, 2.05) is 29.2 Å². The molecule has 2 aromatic heterocycles. The summed E-state index contributed by atoms with van der Waals surface area (Å²) < 4.78 is 6.97. The first kappa shape index (κ1) is 15.6. The summed E-state index contributed by atoms with van der Waals surface area (Å²) in [6.07, 6.45) is 6.18. The molecule has 1 aliphatic rings. The van der Waals surface area contributed by atoms with E-state index in [-0.39, 0.29) is 11.9 Å². The van der Waals surface area contributed by atoms with E-state index >= 15 is 0 Å². The van der Waals surface area contributed by atoms with Crippen molar-refractivity contribution < 1.29 is 9.53 Å². The molecule has 3 heterocycles. The number of carbonyl (C=O) groups excluding carboxylic acids is 1. The second-order valence-corrected chi connectivity index (χ2v) is 6.08. The normalized spacial score (nSPS) is 17.6. The number of amides is 1. The number of aromatic nitrogens is 4. The molecule has 1 amide bonds. The second kappa shape index (κ2) is 6.51. The lowest BCUT2D eigenvalue weighted by Crippen LogP contribution is -2.39. The number of hydrogen-bond donors (Lipinski definition) is 0. The summed E-state index contributed by atoms with van der Waals surface area (Å²) in [7, 11) is 1.60. The van der Waals surface area contributed by atoms with Crippen LogP contribution in [0.1, 0.15) is 41.4 Å². The van der Waals surface area contributed by atoms with Gasteiger partial charge in [-0.15, -0.1) is 0 Å². The topological polar surface area (TPSA) is 72.6 Å². The summed E-state index contributed by atoms with van der Waals surface area (Å²) in [4.78, 5) is 23.4. The molecule has 1 atom stereocenters. The van der Waals surface area contributed by atoms with E-state index in [9.17, 15) is 4.79 Å². The van der Waals surface area contributed by atoms with Gasteiger partial charge in [-0.05, 0) is 43.5 Å². The fourth-order valence-corrected chi connectivity index (χ4v) is 3.41. The van der Waals surface area contributed by atoms with Gasteiger partial charge in [-0.1, -0.05) is 6.07 Å². The Morgan fingerprint density at radius 2 is 2.16 bits per heavy atom. The Hall–Kier alpha value is -2.96. The van der Waals surface area contributed by atoms with Crippen LogP contribution in [-0.4, -0.2) is 44.0 Å². The molecular formula is C18H19N5O2. The highest BCUT2D eigenvalue weighted by Gasteiger charge is 2.30. The number of benzene rings is 1. The van der Waals surface area contributed by atoms with E-state index in [1.165, 1.54) is 6.33 Å². The Morgan fingerprint density at radius 1 is 1.24 bits per heavy atom. The molecule has 0 spiro atoms. The van der Waals surface area contributed by atoms with Crippen molar-refractivity contribution >= 4 is 11.7 Å². The number of fused-ring (bicyclic) bond motifs is 1. The quantitative estimate of drug-likeness (QED) is 0.734. The van der Waals surface area contributed by atoms with Crippen LogP contribution in [0.2, 0.25) is 0 Å². The van der Waals surface area contributed by atoms with Gasteiger partial charge in [0.1, 0.15) is 12.1 Å². The summed E-state index contributed by atoms with van der Waals surface area (Å²) in [6.45, 7) is 0.721. The Balaban J connectivity index is 1.71. The van der Waals surface area contributed by atoms with Gasteiger partial charge in [-0.25, -0.2) is 4.98 Å². The van der Waals surface area contributed by atoms with Crippen molar-refractivity contribution in [2.75, 3.05) is 13.7 Å². The van der Waals surface area contributed by atoms with Gasteiger partial charge in [0, 0.05) is 18.3 Å². The first-order valence-corrected chi connectivity index (χ1v) is 8.37. The number of methoxy groups -OCH3 is 1. The predicted molar refractivity (Wildman–Crippen MR) is 91.4 cm³/mol. The van der Waals surface area contributed by atoms with Gasteiger partial charge in [-0.3, -0.25) is 4.79 Å². The molecule has 128 valence electrons. The van der Waals surface area contributed by atoms with Gasteiger partial charge >= 0.3 is 0 Å². The van der Waals surface area contributed by atoms with Crippen LogP contribution in [0.4, 0.5) is 0 Å². The van der Waals surface area contributed by atoms with E-state index in [4.69, 9.17) is 4.74 Å². The van der Waals surface area contributed by atoms with Gasteiger partial charge in [0.25, 0.3) is 11.7 Å². The number of piperidine rings is 1. The summed E-state index contributed by atoms with van der Waals surface area (Å²) in [6, 6.07) is 9.17. The third-order valence-corrected chi connectivity index (χ3v) is 4.63.